The Labute approximate surface area is 91.0 Å². The standard InChI is InChI=1S/C14H15N/c1-10-5-4-6-12-8-14(3,9-15)11(2)7-13(10)12/h4-7H,8H2,1-3H3. The van der Waals surface area contributed by atoms with Gasteiger partial charge in [-0.3, -0.25) is 0 Å². The highest BCUT2D eigenvalue weighted by Gasteiger charge is 2.30. The Bertz CT molecular complexity index is 477. The highest BCUT2D eigenvalue weighted by Crippen LogP contribution is 2.38. The van der Waals surface area contributed by atoms with Crippen LogP contribution in [0.3, 0.4) is 0 Å². The minimum Gasteiger partial charge on any atom is -0.197 e. The van der Waals surface area contributed by atoms with Crippen LogP contribution in [0, 0.1) is 23.7 Å². The van der Waals surface area contributed by atoms with E-state index in [1.54, 1.807) is 0 Å². The third-order valence-electron chi connectivity index (χ3n) is 3.44. The molecule has 0 N–H and O–H groups in total. The molecular formula is C14H15N. The first-order chi connectivity index (χ1) is 7.07. The molecule has 0 saturated carbocycles. The molecule has 1 heteroatoms. The van der Waals surface area contributed by atoms with Crippen molar-refractivity contribution in [3.05, 3.63) is 40.5 Å². The first-order valence-corrected chi connectivity index (χ1v) is 5.25. The fourth-order valence-electron chi connectivity index (χ4n) is 2.13. The largest absolute Gasteiger partial charge is 0.197 e. The molecule has 0 aliphatic heterocycles. The number of nitrogens with zero attached hydrogens (tertiary/aromatic N) is 1. The molecule has 15 heavy (non-hydrogen) atoms. The number of nitriles is 1. The average molecular weight is 197 g/mol. The van der Waals surface area contributed by atoms with Gasteiger partial charge in [0.05, 0.1) is 11.5 Å². The van der Waals surface area contributed by atoms with Gasteiger partial charge < -0.3 is 0 Å². The maximum atomic E-state index is 9.22. The predicted octanol–water partition coefficient (Wildman–Crippen LogP) is 3.48. The number of hydrogen-bond acceptors (Lipinski definition) is 1. The monoisotopic (exact) mass is 197 g/mol. The lowest BCUT2D eigenvalue weighted by atomic mass is 9.73. The zero-order valence-corrected chi connectivity index (χ0v) is 9.46. The SMILES string of the molecule is CC1=Cc2c(C)cccc2CC1(C)C#N. The van der Waals surface area contributed by atoms with Gasteiger partial charge in [0, 0.05) is 0 Å². The first-order valence-electron chi connectivity index (χ1n) is 5.25. The summed E-state index contributed by atoms with van der Waals surface area (Å²) in [6, 6.07) is 8.74. The van der Waals surface area contributed by atoms with E-state index in [4.69, 9.17) is 0 Å². The maximum Gasteiger partial charge on any atom is 0.0795 e. The van der Waals surface area contributed by atoms with Gasteiger partial charge in [-0.2, -0.15) is 5.26 Å². The smallest absolute Gasteiger partial charge is 0.0795 e. The Hall–Kier alpha value is -1.55. The van der Waals surface area contributed by atoms with Crippen LogP contribution < -0.4 is 0 Å². The van der Waals surface area contributed by atoms with E-state index < -0.39 is 0 Å². The topological polar surface area (TPSA) is 23.8 Å². The third-order valence-corrected chi connectivity index (χ3v) is 3.44. The normalized spacial score (nSPS) is 24.0. The van der Waals surface area contributed by atoms with Crippen molar-refractivity contribution in [1.82, 2.24) is 0 Å². The molecule has 76 valence electrons. The second kappa shape index (κ2) is 3.24. The summed E-state index contributed by atoms with van der Waals surface area (Å²) in [5.74, 6) is 0. The number of fused-ring (bicyclic) bond motifs is 1. The minimum absolute atomic E-state index is 0.319. The van der Waals surface area contributed by atoms with E-state index in [2.05, 4.69) is 44.2 Å². The summed E-state index contributed by atoms with van der Waals surface area (Å²) in [5, 5.41) is 9.22. The lowest BCUT2D eigenvalue weighted by Crippen LogP contribution is -2.22. The van der Waals surface area contributed by atoms with Crippen LogP contribution in [0.15, 0.2) is 23.8 Å². The van der Waals surface area contributed by atoms with Gasteiger partial charge in [-0.15, -0.1) is 0 Å². The number of aryl methyl sites for hydroxylation is 1. The second-order valence-electron chi connectivity index (χ2n) is 4.60. The van der Waals surface area contributed by atoms with Crippen LogP contribution in [-0.2, 0) is 6.42 Å². The molecule has 0 radical (unpaired) electrons. The van der Waals surface area contributed by atoms with Crippen molar-refractivity contribution in [2.24, 2.45) is 5.41 Å². The molecule has 0 fully saturated rings. The summed E-state index contributed by atoms with van der Waals surface area (Å²) in [6.45, 7) is 6.19. The Morgan fingerprint density at radius 2 is 2.07 bits per heavy atom. The number of allylic oxidation sites excluding steroid dienone is 1. The lowest BCUT2D eigenvalue weighted by molar-refractivity contribution is 0.522. The van der Waals surface area contributed by atoms with E-state index >= 15 is 0 Å². The molecule has 0 spiro atoms. The van der Waals surface area contributed by atoms with Gasteiger partial charge in [0.25, 0.3) is 0 Å². The Morgan fingerprint density at radius 3 is 2.73 bits per heavy atom. The number of benzene rings is 1. The number of hydrogen-bond donors (Lipinski definition) is 0. The molecule has 1 aliphatic rings. The molecule has 0 heterocycles. The Kier molecular flexibility index (Phi) is 2.16. The molecule has 0 saturated heterocycles. The van der Waals surface area contributed by atoms with Crippen LogP contribution in [0.1, 0.15) is 30.5 Å². The molecule has 1 atom stereocenters. The zero-order valence-electron chi connectivity index (χ0n) is 9.46. The quantitative estimate of drug-likeness (QED) is 0.624. The molecule has 2 rings (SSSR count). The van der Waals surface area contributed by atoms with Gasteiger partial charge in [0.15, 0.2) is 0 Å². The van der Waals surface area contributed by atoms with E-state index in [0.717, 1.165) is 6.42 Å². The molecule has 1 aromatic rings. The summed E-state index contributed by atoms with van der Waals surface area (Å²) in [6.07, 6.45) is 3.00. The highest BCUT2D eigenvalue weighted by molar-refractivity contribution is 5.65. The van der Waals surface area contributed by atoms with Gasteiger partial charge in [-0.05, 0) is 43.9 Å². The van der Waals surface area contributed by atoms with E-state index in [-0.39, 0.29) is 5.41 Å². The number of rotatable bonds is 0. The third kappa shape index (κ3) is 1.47. The van der Waals surface area contributed by atoms with Crippen LogP contribution in [-0.4, -0.2) is 0 Å². The lowest BCUT2D eigenvalue weighted by Gasteiger charge is -2.29. The summed E-state index contributed by atoms with van der Waals surface area (Å²) in [7, 11) is 0. The minimum atomic E-state index is -0.319. The maximum absolute atomic E-state index is 9.22. The van der Waals surface area contributed by atoms with Crippen LogP contribution in [0.5, 0.6) is 0 Å². The van der Waals surface area contributed by atoms with E-state index in [0.29, 0.717) is 0 Å². The summed E-state index contributed by atoms with van der Waals surface area (Å²) < 4.78 is 0. The molecule has 1 unspecified atom stereocenters. The van der Waals surface area contributed by atoms with Crippen LogP contribution >= 0.6 is 0 Å². The van der Waals surface area contributed by atoms with Crippen LogP contribution in [0.4, 0.5) is 0 Å². The van der Waals surface area contributed by atoms with Crippen molar-refractivity contribution in [3.63, 3.8) is 0 Å². The van der Waals surface area contributed by atoms with Crippen molar-refractivity contribution >= 4 is 6.08 Å². The van der Waals surface area contributed by atoms with E-state index in [9.17, 15) is 5.26 Å². The first kappa shape index (κ1) is 9.98. The van der Waals surface area contributed by atoms with Crippen molar-refractivity contribution in [1.29, 1.82) is 5.26 Å². The van der Waals surface area contributed by atoms with Crippen LogP contribution in [0.2, 0.25) is 0 Å². The fraction of sp³-hybridized carbons (Fsp3) is 0.357. The average Bonchev–Trinajstić information content (AvgIpc) is 2.21. The Morgan fingerprint density at radius 1 is 1.33 bits per heavy atom. The van der Waals surface area contributed by atoms with Crippen molar-refractivity contribution < 1.29 is 0 Å². The summed E-state index contributed by atoms with van der Waals surface area (Å²) in [5.41, 5.74) is 4.76. The molecule has 1 aromatic carbocycles. The van der Waals surface area contributed by atoms with Gasteiger partial charge in [-0.1, -0.05) is 29.8 Å². The van der Waals surface area contributed by atoms with Gasteiger partial charge in [-0.25, -0.2) is 0 Å². The molecule has 0 aromatic heterocycles. The van der Waals surface area contributed by atoms with Crippen molar-refractivity contribution in [2.45, 2.75) is 27.2 Å². The Balaban J connectivity index is 2.61. The van der Waals surface area contributed by atoms with Crippen LogP contribution in [0.25, 0.3) is 6.08 Å². The summed E-state index contributed by atoms with van der Waals surface area (Å²) in [4.78, 5) is 0. The second-order valence-corrected chi connectivity index (χ2v) is 4.60. The fourth-order valence-corrected chi connectivity index (χ4v) is 2.13. The van der Waals surface area contributed by atoms with Crippen molar-refractivity contribution in [2.75, 3.05) is 0 Å². The van der Waals surface area contributed by atoms with E-state index in [1.165, 1.54) is 22.3 Å². The van der Waals surface area contributed by atoms with Gasteiger partial charge in [0.2, 0.25) is 0 Å². The molecular weight excluding hydrogens is 182 g/mol. The predicted molar refractivity (Wildman–Crippen MR) is 62.3 cm³/mol. The zero-order chi connectivity index (χ0) is 11.1. The molecule has 1 aliphatic carbocycles. The highest BCUT2D eigenvalue weighted by atomic mass is 14.4. The van der Waals surface area contributed by atoms with Gasteiger partial charge in [0.1, 0.15) is 0 Å². The molecule has 1 nitrogen and oxygen atoms in total. The van der Waals surface area contributed by atoms with Gasteiger partial charge >= 0.3 is 0 Å². The van der Waals surface area contributed by atoms with Crippen molar-refractivity contribution in [3.8, 4) is 6.07 Å². The molecule has 0 bridgehead atoms. The van der Waals surface area contributed by atoms with E-state index in [1.807, 2.05) is 6.92 Å². The summed E-state index contributed by atoms with van der Waals surface area (Å²) >= 11 is 0. The molecule has 0 amide bonds.